The van der Waals surface area contributed by atoms with E-state index in [0.717, 1.165) is 22.4 Å². The summed E-state index contributed by atoms with van der Waals surface area (Å²) in [6.45, 7) is 1.99. The molecule has 0 spiro atoms. The molecule has 2 aromatic rings. The van der Waals surface area contributed by atoms with E-state index in [2.05, 4.69) is 0 Å². The van der Waals surface area contributed by atoms with Crippen LogP contribution in [0.25, 0.3) is 11.1 Å². The molecule has 1 N–H and O–H groups in total. The zero-order valence-electron chi connectivity index (χ0n) is 9.40. The summed E-state index contributed by atoms with van der Waals surface area (Å²) in [7, 11) is 1.64. The van der Waals surface area contributed by atoms with Gasteiger partial charge >= 0.3 is 0 Å². The van der Waals surface area contributed by atoms with Gasteiger partial charge in [0.15, 0.2) is 0 Å². The number of benzene rings is 2. The van der Waals surface area contributed by atoms with Crippen LogP contribution in [0, 0.1) is 6.92 Å². The quantitative estimate of drug-likeness (QED) is 0.830. The molecule has 2 rings (SSSR count). The summed E-state index contributed by atoms with van der Waals surface area (Å²) in [4.78, 5) is 0. The predicted octanol–water partition coefficient (Wildman–Crippen LogP) is 3.38. The smallest absolute Gasteiger partial charge is 0.123 e. The summed E-state index contributed by atoms with van der Waals surface area (Å²) in [5.74, 6) is 1.13. The van der Waals surface area contributed by atoms with Gasteiger partial charge in [-0.25, -0.2) is 0 Å². The molecule has 0 fully saturated rings. The van der Waals surface area contributed by atoms with Crippen molar-refractivity contribution >= 4 is 0 Å². The molecule has 82 valence electrons. The molecule has 0 aliphatic heterocycles. The van der Waals surface area contributed by atoms with Crippen molar-refractivity contribution in [1.29, 1.82) is 0 Å². The van der Waals surface area contributed by atoms with Gasteiger partial charge in [-0.3, -0.25) is 0 Å². The second kappa shape index (κ2) is 4.27. The van der Waals surface area contributed by atoms with Crippen molar-refractivity contribution in [1.82, 2.24) is 0 Å². The van der Waals surface area contributed by atoms with Crippen LogP contribution in [0.15, 0.2) is 42.5 Å². The number of aromatic hydroxyl groups is 1. The third-order valence-corrected chi connectivity index (χ3v) is 2.63. The standard InChI is InChI=1S/C14H14O2/c1-10-4-3-5-13(15)14(10)11-6-8-12(16-2)9-7-11/h3-9,15H,1-2H3. The predicted molar refractivity (Wildman–Crippen MR) is 64.8 cm³/mol. The van der Waals surface area contributed by atoms with Crippen molar-refractivity contribution in [3.05, 3.63) is 48.0 Å². The Bertz CT molecular complexity index is 466. The molecule has 0 aliphatic carbocycles. The van der Waals surface area contributed by atoms with Gasteiger partial charge in [0.1, 0.15) is 11.5 Å². The molecule has 0 aromatic heterocycles. The Labute approximate surface area is 95.1 Å². The number of hydrogen-bond acceptors (Lipinski definition) is 2. The highest BCUT2D eigenvalue weighted by Gasteiger charge is 2.06. The van der Waals surface area contributed by atoms with Crippen LogP contribution >= 0.6 is 0 Å². The van der Waals surface area contributed by atoms with E-state index in [4.69, 9.17) is 4.74 Å². The Morgan fingerprint density at radius 2 is 1.69 bits per heavy atom. The van der Waals surface area contributed by atoms with Crippen molar-refractivity contribution in [2.75, 3.05) is 7.11 Å². The van der Waals surface area contributed by atoms with Gasteiger partial charge in [-0.2, -0.15) is 0 Å². The molecule has 0 atom stereocenters. The number of methoxy groups -OCH3 is 1. The SMILES string of the molecule is COc1ccc(-c2c(C)cccc2O)cc1. The maximum absolute atomic E-state index is 9.84. The van der Waals surface area contributed by atoms with Gasteiger partial charge < -0.3 is 9.84 Å². The highest BCUT2D eigenvalue weighted by atomic mass is 16.5. The summed E-state index contributed by atoms with van der Waals surface area (Å²) in [6.07, 6.45) is 0. The van der Waals surface area contributed by atoms with Gasteiger partial charge in [0.05, 0.1) is 7.11 Å². The van der Waals surface area contributed by atoms with Crippen LogP contribution in [0.4, 0.5) is 0 Å². The highest BCUT2D eigenvalue weighted by molar-refractivity contribution is 5.73. The zero-order valence-corrected chi connectivity index (χ0v) is 9.40. The molecule has 0 radical (unpaired) electrons. The molecule has 0 amide bonds. The van der Waals surface area contributed by atoms with E-state index in [0.29, 0.717) is 5.75 Å². The molecular weight excluding hydrogens is 200 g/mol. The molecule has 0 saturated carbocycles. The summed E-state index contributed by atoms with van der Waals surface area (Å²) in [5, 5.41) is 9.84. The summed E-state index contributed by atoms with van der Waals surface area (Å²) in [6, 6.07) is 13.2. The van der Waals surface area contributed by atoms with E-state index in [-0.39, 0.29) is 0 Å². The van der Waals surface area contributed by atoms with Gasteiger partial charge in [-0.05, 0) is 36.2 Å². The van der Waals surface area contributed by atoms with Gasteiger partial charge in [0, 0.05) is 5.56 Å². The molecule has 0 heterocycles. The van der Waals surface area contributed by atoms with E-state index >= 15 is 0 Å². The lowest BCUT2D eigenvalue weighted by molar-refractivity contribution is 0.415. The maximum atomic E-state index is 9.84. The average Bonchev–Trinajstić information content (AvgIpc) is 2.30. The van der Waals surface area contributed by atoms with Gasteiger partial charge in [0.2, 0.25) is 0 Å². The van der Waals surface area contributed by atoms with E-state index in [1.807, 2.05) is 43.3 Å². The minimum absolute atomic E-state index is 0.310. The van der Waals surface area contributed by atoms with Crippen LogP contribution in [0.5, 0.6) is 11.5 Å². The second-order valence-corrected chi connectivity index (χ2v) is 3.70. The van der Waals surface area contributed by atoms with Gasteiger partial charge in [-0.1, -0.05) is 24.3 Å². The van der Waals surface area contributed by atoms with Crippen LogP contribution in [0.3, 0.4) is 0 Å². The summed E-state index contributed by atoms with van der Waals surface area (Å²) in [5.41, 5.74) is 2.94. The number of rotatable bonds is 2. The molecule has 0 unspecified atom stereocenters. The first-order valence-electron chi connectivity index (χ1n) is 5.15. The fraction of sp³-hybridized carbons (Fsp3) is 0.143. The van der Waals surface area contributed by atoms with E-state index in [9.17, 15) is 5.11 Å². The third kappa shape index (κ3) is 1.87. The lowest BCUT2D eigenvalue weighted by atomic mass is 9.99. The Hall–Kier alpha value is -1.96. The molecule has 2 nitrogen and oxygen atoms in total. The number of hydrogen-bond donors (Lipinski definition) is 1. The number of phenols is 1. The molecule has 0 bridgehead atoms. The zero-order chi connectivity index (χ0) is 11.5. The molecular formula is C14H14O2. The van der Waals surface area contributed by atoms with Crippen molar-refractivity contribution in [3.8, 4) is 22.6 Å². The third-order valence-electron chi connectivity index (χ3n) is 2.63. The fourth-order valence-electron chi connectivity index (χ4n) is 1.79. The second-order valence-electron chi connectivity index (χ2n) is 3.70. The van der Waals surface area contributed by atoms with E-state index in [1.165, 1.54) is 0 Å². The van der Waals surface area contributed by atoms with E-state index < -0.39 is 0 Å². The van der Waals surface area contributed by atoms with Crippen molar-refractivity contribution in [2.45, 2.75) is 6.92 Å². The normalized spacial score (nSPS) is 10.1. The lowest BCUT2D eigenvalue weighted by Gasteiger charge is -2.09. The fourth-order valence-corrected chi connectivity index (χ4v) is 1.79. The summed E-state index contributed by atoms with van der Waals surface area (Å²) >= 11 is 0. The van der Waals surface area contributed by atoms with Crippen molar-refractivity contribution in [2.24, 2.45) is 0 Å². The average molecular weight is 214 g/mol. The largest absolute Gasteiger partial charge is 0.507 e. The van der Waals surface area contributed by atoms with Crippen LogP contribution < -0.4 is 4.74 Å². The Morgan fingerprint density at radius 3 is 2.25 bits per heavy atom. The monoisotopic (exact) mass is 214 g/mol. The molecule has 16 heavy (non-hydrogen) atoms. The maximum Gasteiger partial charge on any atom is 0.123 e. The Morgan fingerprint density at radius 1 is 1.00 bits per heavy atom. The van der Waals surface area contributed by atoms with Crippen LogP contribution in [-0.4, -0.2) is 12.2 Å². The van der Waals surface area contributed by atoms with Crippen LogP contribution in [-0.2, 0) is 0 Å². The summed E-state index contributed by atoms with van der Waals surface area (Å²) < 4.78 is 5.10. The van der Waals surface area contributed by atoms with Crippen molar-refractivity contribution in [3.63, 3.8) is 0 Å². The minimum atomic E-state index is 0.310. The van der Waals surface area contributed by atoms with Gasteiger partial charge in [-0.15, -0.1) is 0 Å². The first-order chi connectivity index (χ1) is 7.72. The highest BCUT2D eigenvalue weighted by Crippen LogP contribution is 2.32. The van der Waals surface area contributed by atoms with Crippen molar-refractivity contribution < 1.29 is 9.84 Å². The van der Waals surface area contributed by atoms with E-state index in [1.54, 1.807) is 13.2 Å². The van der Waals surface area contributed by atoms with Crippen LogP contribution in [0.1, 0.15) is 5.56 Å². The number of aryl methyl sites for hydroxylation is 1. The first kappa shape index (κ1) is 10.6. The topological polar surface area (TPSA) is 29.5 Å². The molecule has 0 aliphatic rings. The van der Waals surface area contributed by atoms with Crippen LogP contribution in [0.2, 0.25) is 0 Å². The molecule has 2 aromatic carbocycles. The minimum Gasteiger partial charge on any atom is -0.507 e. The first-order valence-corrected chi connectivity index (χ1v) is 5.15. The molecule has 2 heteroatoms. The molecule has 0 saturated heterocycles. The number of phenolic OH excluding ortho intramolecular Hbond substituents is 1. The lowest BCUT2D eigenvalue weighted by Crippen LogP contribution is -1.85. The van der Waals surface area contributed by atoms with Gasteiger partial charge in [0.25, 0.3) is 0 Å². The Balaban J connectivity index is 2.50. The Kier molecular flexibility index (Phi) is 2.82. The number of ether oxygens (including phenoxy) is 1.